The van der Waals surface area contributed by atoms with E-state index in [1.807, 2.05) is 6.92 Å². The highest BCUT2D eigenvalue weighted by molar-refractivity contribution is 6.12. The normalized spacial score (nSPS) is 11.9. The molecule has 0 amide bonds. The second kappa shape index (κ2) is 8.49. The van der Waals surface area contributed by atoms with Crippen LogP contribution in [0.4, 0.5) is 0 Å². The van der Waals surface area contributed by atoms with Crippen molar-refractivity contribution in [2.75, 3.05) is 0 Å². The van der Waals surface area contributed by atoms with Gasteiger partial charge in [-0.3, -0.25) is 0 Å². The summed E-state index contributed by atoms with van der Waals surface area (Å²) in [6.45, 7) is 4.18. The average Bonchev–Trinajstić information content (AvgIpc) is 3.34. The Morgan fingerprint density at radius 3 is 1.75 bits per heavy atom. The fourth-order valence-corrected chi connectivity index (χ4v) is 6.49. The Balaban J connectivity index is 1.57. The Kier molecular flexibility index (Phi) is 4.86. The van der Waals surface area contributed by atoms with E-state index in [-0.39, 0.29) is 0 Å². The average molecular weight is 516 g/mol. The van der Waals surface area contributed by atoms with Crippen LogP contribution in [0.15, 0.2) is 114 Å². The van der Waals surface area contributed by atoms with Gasteiger partial charge in [-0.15, -0.1) is 0 Å². The van der Waals surface area contributed by atoms with Gasteiger partial charge < -0.3 is 4.42 Å². The number of aromatic nitrogens is 2. The van der Waals surface area contributed by atoms with E-state index in [1.165, 1.54) is 50.1 Å². The predicted octanol–water partition coefficient (Wildman–Crippen LogP) is 9.07. The van der Waals surface area contributed by atoms with E-state index in [4.69, 9.17) is 9.40 Å². The highest BCUT2D eigenvalue weighted by Gasteiger charge is 2.31. The Labute approximate surface area is 233 Å². The van der Waals surface area contributed by atoms with Gasteiger partial charge in [-0.2, -0.15) is 0 Å². The fourth-order valence-electron chi connectivity index (χ4n) is 6.49. The standard InChI is InChI=1S/C37H27N2O/c1-22-16-18-31-32-19-17-23(2)38-37(32)40-36(31)33(22)35-34-29-15-9-8-13-27(29)25-11-5-4-10-24(25)26-12-6-7-14-28(26)30(34)20-21-39(35)3/h4-21H,1-3H3/q+1. The summed E-state index contributed by atoms with van der Waals surface area (Å²) in [6.07, 6.45) is 2.18. The highest BCUT2D eigenvalue weighted by atomic mass is 16.3. The number of hydrogen-bond donors (Lipinski definition) is 0. The van der Waals surface area contributed by atoms with E-state index in [2.05, 4.69) is 128 Å². The van der Waals surface area contributed by atoms with Gasteiger partial charge in [-0.05, 0) is 64.9 Å². The summed E-state index contributed by atoms with van der Waals surface area (Å²) in [5.41, 5.74) is 15.8. The Hall–Kier alpha value is -5.02. The maximum absolute atomic E-state index is 6.59. The van der Waals surface area contributed by atoms with E-state index >= 15 is 0 Å². The third kappa shape index (κ3) is 3.18. The van der Waals surface area contributed by atoms with E-state index in [0.717, 1.165) is 33.3 Å². The lowest BCUT2D eigenvalue weighted by Gasteiger charge is -2.23. The number of pyridine rings is 2. The predicted molar refractivity (Wildman–Crippen MR) is 163 cm³/mol. The van der Waals surface area contributed by atoms with Crippen molar-refractivity contribution in [1.29, 1.82) is 0 Å². The topological polar surface area (TPSA) is 29.9 Å². The molecule has 0 N–H and O–H groups in total. The van der Waals surface area contributed by atoms with Crippen molar-refractivity contribution in [3.63, 3.8) is 0 Å². The molecular formula is C37H27N2O+. The highest BCUT2D eigenvalue weighted by Crippen LogP contribution is 2.50. The van der Waals surface area contributed by atoms with Crippen molar-refractivity contribution in [2.24, 2.45) is 7.05 Å². The summed E-state index contributed by atoms with van der Waals surface area (Å²) >= 11 is 0. The van der Waals surface area contributed by atoms with Crippen LogP contribution in [0, 0.1) is 13.8 Å². The van der Waals surface area contributed by atoms with E-state index in [1.54, 1.807) is 0 Å². The summed E-state index contributed by atoms with van der Waals surface area (Å²) in [4.78, 5) is 4.73. The second-order valence-electron chi connectivity index (χ2n) is 10.7. The maximum Gasteiger partial charge on any atom is 0.227 e. The first-order valence-corrected chi connectivity index (χ1v) is 13.7. The molecule has 1 aliphatic rings. The monoisotopic (exact) mass is 515 g/mol. The molecule has 1 aliphatic carbocycles. The number of furan rings is 1. The first-order chi connectivity index (χ1) is 19.6. The van der Waals surface area contributed by atoms with Crippen molar-refractivity contribution >= 4 is 22.1 Å². The van der Waals surface area contributed by atoms with Gasteiger partial charge in [0.2, 0.25) is 11.4 Å². The van der Waals surface area contributed by atoms with Crippen molar-refractivity contribution in [3.8, 4) is 55.8 Å². The number of rotatable bonds is 1. The molecule has 0 saturated heterocycles. The SMILES string of the molecule is Cc1ccc2c(n1)oc1c(-c3c4c(cc[n+]3C)-c3ccccc3-c3ccccc3-c3ccccc3-4)c(C)ccc12. The Morgan fingerprint density at radius 2 is 1.10 bits per heavy atom. The number of hydrogen-bond acceptors (Lipinski definition) is 2. The van der Waals surface area contributed by atoms with Gasteiger partial charge in [-0.1, -0.05) is 84.9 Å². The number of aryl methyl sites for hydroxylation is 3. The van der Waals surface area contributed by atoms with Crippen molar-refractivity contribution in [1.82, 2.24) is 4.98 Å². The van der Waals surface area contributed by atoms with Gasteiger partial charge in [-0.25, -0.2) is 9.55 Å². The minimum absolute atomic E-state index is 0.683. The molecular weight excluding hydrogens is 488 g/mol. The van der Waals surface area contributed by atoms with Crippen LogP contribution in [0.5, 0.6) is 0 Å². The van der Waals surface area contributed by atoms with Crippen LogP contribution in [-0.2, 0) is 7.05 Å². The summed E-state index contributed by atoms with van der Waals surface area (Å²) in [5, 5.41) is 2.13. The summed E-state index contributed by atoms with van der Waals surface area (Å²) < 4.78 is 8.84. The molecule has 8 rings (SSSR count). The minimum atomic E-state index is 0.683. The molecule has 0 atom stereocenters. The quantitative estimate of drug-likeness (QED) is 0.204. The molecule has 0 fully saturated rings. The first kappa shape index (κ1) is 22.9. The molecule has 3 nitrogen and oxygen atoms in total. The third-order valence-corrected chi connectivity index (χ3v) is 8.34. The van der Waals surface area contributed by atoms with E-state index in [0.29, 0.717) is 5.71 Å². The molecule has 0 saturated carbocycles. The zero-order valence-electron chi connectivity index (χ0n) is 22.7. The summed E-state index contributed by atoms with van der Waals surface area (Å²) in [6, 6.07) is 37.2. The molecule has 0 spiro atoms. The Bertz CT molecular complexity index is 2140. The number of fused-ring (bicyclic) bond motifs is 11. The second-order valence-corrected chi connectivity index (χ2v) is 10.7. The molecule has 3 heteroatoms. The Morgan fingerprint density at radius 1 is 0.550 bits per heavy atom. The van der Waals surface area contributed by atoms with Crippen LogP contribution >= 0.6 is 0 Å². The smallest absolute Gasteiger partial charge is 0.227 e. The molecule has 3 heterocycles. The van der Waals surface area contributed by atoms with Gasteiger partial charge >= 0.3 is 0 Å². The number of benzene rings is 4. The van der Waals surface area contributed by atoms with Crippen molar-refractivity contribution in [2.45, 2.75) is 13.8 Å². The van der Waals surface area contributed by atoms with Crippen molar-refractivity contribution in [3.05, 3.63) is 121 Å². The van der Waals surface area contributed by atoms with Crippen LogP contribution in [0.2, 0.25) is 0 Å². The zero-order chi connectivity index (χ0) is 27.0. The minimum Gasteiger partial charge on any atom is -0.437 e. The number of nitrogens with zero attached hydrogens (tertiary/aromatic N) is 2. The molecule has 0 unspecified atom stereocenters. The van der Waals surface area contributed by atoms with Gasteiger partial charge in [0.05, 0.1) is 11.1 Å². The lowest BCUT2D eigenvalue weighted by atomic mass is 9.79. The van der Waals surface area contributed by atoms with Crippen molar-refractivity contribution < 1.29 is 8.98 Å². The van der Waals surface area contributed by atoms with Crippen LogP contribution in [0.1, 0.15) is 11.3 Å². The first-order valence-electron chi connectivity index (χ1n) is 13.7. The molecule has 0 aliphatic heterocycles. The molecule has 0 radical (unpaired) electrons. The van der Waals surface area contributed by atoms with Crippen LogP contribution in [-0.4, -0.2) is 4.98 Å². The van der Waals surface area contributed by atoms with Gasteiger partial charge in [0, 0.05) is 28.1 Å². The van der Waals surface area contributed by atoms with E-state index < -0.39 is 0 Å². The van der Waals surface area contributed by atoms with Crippen LogP contribution < -0.4 is 4.57 Å². The molecule has 3 aromatic heterocycles. The largest absolute Gasteiger partial charge is 0.437 e. The van der Waals surface area contributed by atoms with Crippen LogP contribution in [0.3, 0.4) is 0 Å². The molecule has 7 aromatic rings. The maximum atomic E-state index is 6.59. The summed E-state index contributed by atoms with van der Waals surface area (Å²) in [7, 11) is 2.14. The molecule has 4 aromatic carbocycles. The molecule has 190 valence electrons. The van der Waals surface area contributed by atoms with E-state index in [9.17, 15) is 0 Å². The van der Waals surface area contributed by atoms with Crippen LogP contribution in [0.25, 0.3) is 77.8 Å². The third-order valence-electron chi connectivity index (χ3n) is 8.34. The lowest BCUT2D eigenvalue weighted by molar-refractivity contribution is -0.659. The fraction of sp³-hybridized carbons (Fsp3) is 0.0811. The zero-order valence-corrected chi connectivity index (χ0v) is 22.7. The molecule has 0 bridgehead atoms. The summed E-state index contributed by atoms with van der Waals surface area (Å²) in [5.74, 6) is 0. The van der Waals surface area contributed by atoms with Gasteiger partial charge in [0.1, 0.15) is 7.05 Å². The molecule has 40 heavy (non-hydrogen) atoms. The van der Waals surface area contributed by atoms with Gasteiger partial charge in [0.15, 0.2) is 11.8 Å². The van der Waals surface area contributed by atoms with Gasteiger partial charge in [0.25, 0.3) is 0 Å². The lowest BCUT2D eigenvalue weighted by Crippen LogP contribution is -2.32.